The molecule has 0 saturated heterocycles. The summed E-state index contributed by atoms with van der Waals surface area (Å²) >= 11 is 0. The SMILES string of the molecule is Cc1cc(-n2c(C(C)(C)CC#N)c([C@H]3CC[C@@H](C(=O)O)CC3)c3nc4[nH]ncc4cc32)ccc1F. The number of pyridine rings is 1. The highest BCUT2D eigenvalue weighted by Crippen LogP contribution is 2.47. The Morgan fingerprint density at radius 2 is 2.03 bits per heavy atom. The van der Waals surface area contributed by atoms with Crippen molar-refractivity contribution in [2.75, 3.05) is 0 Å². The fourth-order valence-electron chi connectivity index (χ4n) is 5.59. The Kier molecular flexibility index (Phi) is 5.59. The molecule has 1 saturated carbocycles. The highest BCUT2D eigenvalue weighted by molar-refractivity contribution is 5.94. The summed E-state index contributed by atoms with van der Waals surface area (Å²) in [6.45, 7) is 5.85. The molecule has 35 heavy (non-hydrogen) atoms. The highest BCUT2D eigenvalue weighted by atomic mass is 19.1. The molecule has 4 aromatic rings. The van der Waals surface area contributed by atoms with E-state index in [2.05, 4.69) is 34.7 Å². The van der Waals surface area contributed by atoms with Gasteiger partial charge in [-0.2, -0.15) is 10.4 Å². The zero-order valence-electron chi connectivity index (χ0n) is 20.1. The van der Waals surface area contributed by atoms with Gasteiger partial charge in [0.05, 0.1) is 29.2 Å². The molecule has 7 nitrogen and oxygen atoms in total. The maximum absolute atomic E-state index is 14.2. The molecule has 0 aliphatic heterocycles. The summed E-state index contributed by atoms with van der Waals surface area (Å²) in [5, 5.41) is 27.2. The Morgan fingerprint density at radius 3 is 2.69 bits per heavy atom. The van der Waals surface area contributed by atoms with Crippen molar-refractivity contribution in [3.8, 4) is 11.8 Å². The molecule has 0 bridgehead atoms. The molecule has 0 unspecified atom stereocenters. The van der Waals surface area contributed by atoms with Crippen molar-refractivity contribution in [1.29, 1.82) is 5.26 Å². The molecule has 1 aliphatic carbocycles. The molecular weight excluding hydrogens is 445 g/mol. The summed E-state index contributed by atoms with van der Waals surface area (Å²) in [6.07, 6.45) is 4.69. The summed E-state index contributed by atoms with van der Waals surface area (Å²) in [6, 6.07) is 9.44. The maximum Gasteiger partial charge on any atom is 0.306 e. The summed E-state index contributed by atoms with van der Waals surface area (Å²) < 4.78 is 16.3. The summed E-state index contributed by atoms with van der Waals surface area (Å²) in [4.78, 5) is 16.6. The van der Waals surface area contributed by atoms with E-state index in [0.717, 1.165) is 46.2 Å². The minimum atomic E-state index is -0.741. The number of nitriles is 1. The number of hydrogen-bond donors (Lipinski definition) is 2. The van der Waals surface area contributed by atoms with Crippen molar-refractivity contribution in [1.82, 2.24) is 19.7 Å². The van der Waals surface area contributed by atoms with E-state index in [1.54, 1.807) is 19.2 Å². The number of aliphatic carboxylic acids is 1. The Labute approximate surface area is 202 Å². The summed E-state index contributed by atoms with van der Waals surface area (Å²) in [5.41, 5.74) is 5.23. The number of nitrogens with one attached hydrogen (secondary N) is 1. The molecule has 3 heterocycles. The fraction of sp³-hybridized carbons (Fsp3) is 0.407. The molecule has 0 radical (unpaired) electrons. The topological polar surface area (TPSA) is 108 Å². The molecular formula is C27H28FN5O2. The third-order valence-electron chi connectivity index (χ3n) is 7.43. The van der Waals surface area contributed by atoms with Gasteiger partial charge in [-0.15, -0.1) is 0 Å². The van der Waals surface area contributed by atoms with E-state index in [9.17, 15) is 19.6 Å². The van der Waals surface area contributed by atoms with Crippen molar-refractivity contribution in [2.24, 2.45) is 5.92 Å². The summed E-state index contributed by atoms with van der Waals surface area (Å²) in [5.74, 6) is -1.24. The van der Waals surface area contributed by atoms with Crippen LogP contribution in [0.4, 0.5) is 4.39 Å². The minimum Gasteiger partial charge on any atom is -0.481 e. The molecule has 0 amide bonds. The van der Waals surface area contributed by atoms with Crippen molar-refractivity contribution < 1.29 is 14.3 Å². The van der Waals surface area contributed by atoms with Crippen LogP contribution in [-0.2, 0) is 10.2 Å². The Balaban J connectivity index is 1.84. The van der Waals surface area contributed by atoms with Crippen molar-refractivity contribution in [2.45, 2.75) is 64.2 Å². The van der Waals surface area contributed by atoms with Gasteiger partial charge in [0.1, 0.15) is 5.82 Å². The van der Waals surface area contributed by atoms with Gasteiger partial charge in [-0.1, -0.05) is 13.8 Å². The average molecular weight is 474 g/mol. The van der Waals surface area contributed by atoms with Crippen LogP contribution in [0.2, 0.25) is 0 Å². The number of aromatic amines is 1. The Morgan fingerprint density at radius 1 is 1.29 bits per heavy atom. The number of benzene rings is 1. The quantitative estimate of drug-likeness (QED) is 0.375. The second kappa shape index (κ2) is 8.49. The largest absolute Gasteiger partial charge is 0.481 e. The second-order valence-electron chi connectivity index (χ2n) is 10.3. The predicted molar refractivity (Wildman–Crippen MR) is 131 cm³/mol. The first kappa shape index (κ1) is 23.0. The zero-order valence-corrected chi connectivity index (χ0v) is 20.1. The lowest BCUT2D eigenvalue weighted by atomic mass is 9.74. The van der Waals surface area contributed by atoms with Gasteiger partial charge >= 0.3 is 5.97 Å². The van der Waals surface area contributed by atoms with Gasteiger partial charge in [-0.25, -0.2) is 9.37 Å². The lowest BCUT2D eigenvalue weighted by Crippen LogP contribution is -2.26. The number of aryl methyl sites for hydroxylation is 1. The number of nitrogens with zero attached hydrogens (tertiary/aromatic N) is 4. The fourth-order valence-corrected chi connectivity index (χ4v) is 5.59. The minimum absolute atomic E-state index is 0.108. The molecule has 1 aliphatic rings. The molecule has 0 atom stereocenters. The van der Waals surface area contributed by atoms with E-state index in [1.807, 2.05) is 12.1 Å². The number of aromatic nitrogens is 4. The van der Waals surface area contributed by atoms with Crippen LogP contribution in [0.25, 0.3) is 27.8 Å². The standard InChI is InChI=1S/C27H28FN5O2/c1-15-12-19(8-9-20(15)28)33-21-13-18-14-30-32-25(18)31-23(21)22(24(33)27(2,3)10-11-29)16-4-6-17(7-5-16)26(34)35/h8-9,12-14,16-17H,4-7,10H2,1-3H3,(H,34,35)(H,30,31,32)/t16-,17+. The first-order chi connectivity index (χ1) is 16.7. The van der Waals surface area contributed by atoms with Crippen LogP contribution < -0.4 is 0 Å². The molecule has 0 spiro atoms. The summed E-state index contributed by atoms with van der Waals surface area (Å²) in [7, 11) is 0. The number of hydrogen-bond acceptors (Lipinski definition) is 4. The van der Waals surface area contributed by atoms with Gasteiger partial charge in [0, 0.05) is 34.2 Å². The van der Waals surface area contributed by atoms with Crippen LogP contribution in [0.5, 0.6) is 0 Å². The van der Waals surface area contributed by atoms with E-state index >= 15 is 0 Å². The van der Waals surface area contributed by atoms with Crippen molar-refractivity contribution in [3.63, 3.8) is 0 Å². The third-order valence-corrected chi connectivity index (χ3v) is 7.43. The molecule has 5 rings (SSSR count). The van der Waals surface area contributed by atoms with Crippen LogP contribution in [0, 0.1) is 30.0 Å². The van der Waals surface area contributed by atoms with Crippen molar-refractivity contribution >= 4 is 28.0 Å². The van der Waals surface area contributed by atoms with E-state index in [4.69, 9.17) is 4.98 Å². The lowest BCUT2D eigenvalue weighted by molar-refractivity contribution is -0.142. The van der Waals surface area contributed by atoms with Crippen molar-refractivity contribution in [3.05, 3.63) is 53.1 Å². The van der Waals surface area contributed by atoms with Gasteiger partial charge in [0.2, 0.25) is 0 Å². The first-order valence-electron chi connectivity index (χ1n) is 12.0. The number of halogens is 1. The van der Waals surface area contributed by atoms with E-state index in [1.165, 1.54) is 6.07 Å². The monoisotopic (exact) mass is 473 g/mol. The van der Waals surface area contributed by atoms with Gasteiger partial charge in [-0.3, -0.25) is 9.89 Å². The molecule has 3 aromatic heterocycles. The maximum atomic E-state index is 14.2. The van der Waals surface area contributed by atoms with Gasteiger partial charge < -0.3 is 9.67 Å². The van der Waals surface area contributed by atoms with Gasteiger partial charge in [-0.05, 0) is 68.4 Å². The molecule has 180 valence electrons. The number of rotatable bonds is 5. The number of carbonyl (C=O) groups is 1. The smallest absolute Gasteiger partial charge is 0.306 e. The lowest BCUT2D eigenvalue weighted by Gasteiger charge is -2.31. The Bertz CT molecular complexity index is 1490. The van der Waals surface area contributed by atoms with Crippen LogP contribution >= 0.6 is 0 Å². The van der Waals surface area contributed by atoms with E-state index < -0.39 is 11.4 Å². The highest BCUT2D eigenvalue weighted by Gasteiger charge is 2.37. The third kappa shape index (κ3) is 3.85. The predicted octanol–water partition coefficient (Wildman–Crippen LogP) is 5.90. The van der Waals surface area contributed by atoms with Crippen LogP contribution in [0.15, 0.2) is 30.5 Å². The number of fused-ring (bicyclic) bond motifs is 2. The van der Waals surface area contributed by atoms with Crippen LogP contribution in [-0.4, -0.2) is 30.8 Å². The normalized spacial score (nSPS) is 18.7. The number of carboxylic acids is 1. The first-order valence-corrected chi connectivity index (χ1v) is 12.0. The number of H-pyrrole nitrogens is 1. The van der Waals surface area contributed by atoms with Crippen LogP contribution in [0.3, 0.4) is 0 Å². The second-order valence-corrected chi connectivity index (χ2v) is 10.3. The molecule has 8 heteroatoms. The Hall–Kier alpha value is -3.73. The van der Waals surface area contributed by atoms with Crippen LogP contribution in [0.1, 0.15) is 68.7 Å². The average Bonchev–Trinajstić information content (AvgIpc) is 3.41. The molecule has 2 N–H and O–H groups in total. The van der Waals surface area contributed by atoms with E-state index in [-0.39, 0.29) is 17.7 Å². The van der Waals surface area contributed by atoms with Gasteiger partial charge in [0.25, 0.3) is 0 Å². The molecule has 1 fully saturated rings. The van der Waals surface area contributed by atoms with Gasteiger partial charge in [0.15, 0.2) is 5.65 Å². The van der Waals surface area contributed by atoms with E-state index in [0.29, 0.717) is 30.5 Å². The number of carboxylic acid groups (broad SMARTS) is 1. The molecule has 1 aromatic carbocycles. The zero-order chi connectivity index (χ0) is 24.9.